The van der Waals surface area contributed by atoms with Gasteiger partial charge in [0.05, 0.1) is 10.5 Å². The molecular weight excluding hydrogens is 244 g/mol. The number of benzene rings is 2. The molecule has 0 aromatic heterocycles. The summed E-state index contributed by atoms with van der Waals surface area (Å²) in [6.07, 6.45) is 0. The molecule has 0 spiro atoms. The number of phenolic OH excluding ortho intramolecular Hbond substituents is 1. The van der Waals surface area contributed by atoms with Crippen LogP contribution in [0.15, 0.2) is 36.4 Å². The molecule has 0 amide bonds. The van der Waals surface area contributed by atoms with Crippen molar-refractivity contribution in [1.82, 2.24) is 0 Å². The Kier molecular flexibility index (Phi) is 2.93. The molecule has 92 valence electrons. The fourth-order valence-electron chi connectivity index (χ4n) is 1.60. The summed E-state index contributed by atoms with van der Waals surface area (Å²) >= 11 is 0. The van der Waals surface area contributed by atoms with E-state index in [-0.39, 0.29) is 11.1 Å². The summed E-state index contributed by atoms with van der Waals surface area (Å²) in [6, 6.07) is 6.47. The molecule has 0 fully saturated rings. The third-order valence-corrected chi connectivity index (χ3v) is 2.42. The summed E-state index contributed by atoms with van der Waals surface area (Å²) in [7, 11) is 0. The van der Waals surface area contributed by atoms with E-state index in [9.17, 15) is 24.0 Å². The molecule has 0 bridgehead atoms. The van der Waals surface area contributed by atoms with E-state index in [0.717, 1.165) is 24.3 Å². The number of phenols is 1. The molecule has 0 saturated carbocycles. The first-order valence-corrected chi connectivity index (χ1v) is 4.92. The van der Waals surface area contributed by atoms with Gasteiger partial charge in [-0.05, 0) is 29.8 Å². The van der Waals surface area contributed by atoms with Crippen molar-refractivity contribution in [3.8, 4) is 16.9 Å². The van der Waals surface area contributed by atoms with Crippen LogP contribution in [0, 0.1) is 21.7 Å². The van der Waals surface area contributed by atoms with E-state index < -0.39 is 28.0 Å². The minimum Gasteiger partial charge on any atom is -0.502 e. The zero-order chi connectivity index (χ0) is 13.3. The van der Waals surface area contributed by atoms with E-state index >= 15 is 0 Å². The van der Waals surface area contributed by atoms with E-state index in [1.165, 1.54) is 12.1 Å². The molecule has 0 atom stereocenters. The highest BCUT2D eigenvalue weighted by Gasteiger charge is 2.18. The molecule has 0 heterocycles. The van der Waals surface area contributed by atoms with Crippen LogP contribution < -0.4 is 0 Å². The van der Waals surface area contributed by atoms with Crippen LogP contribution in [0.25, 0.3) is 11.1 Å². The molecule has 4 nitrogen and oxygen atoms in total. The lowest BCUT2D eigenvalue weighted by Crippen LogP contribution is -1.93. The largest absolute Gasteiger partial charge is 0.502 e. The molecule has 2 rings (SSSR count). The fraction of sp³-hybridized carbons (Fsp3) is 0. The fourth-order valence-corrected chi connectivity index (χ4v) is 1.60. The maximum atomic E-state index is 13.5. The van der Waals surface area contributed by atoms with Gasteiger partial charge in [0.1, 0.15) is 11.6 Å². The Bertz CT molecular complexity index is 608. The summed E-state index contributed by atoms with van der Waals surface area (Å²) in [5.74, 6) is -2.20. The minimum absolute atomic E-state index is 0.00454. The van der Waals surface area contributed by atoms with Crippen LogP contribution in [0.3, 0.4) is 0 Å². The smallest absolute Gasteiger partial charge is 0.311 e. The Balaban J connectivity index is 2.65. The molecule has 0 unspecified atom stereocenters. The summed E-state index contributed by atoms with van der Waals surface area (Å²) in [4.78, 5) is 9.81. The van der Waals surface area contributed by atoms with Gasteiger partial charge in [0.2, 0.25) is 0 Å². The van der Waals surface area contributed by atoms with Crippen LogP contribution in [-0.4, -0.2) is 10.0 Å². The van der Waals surface area contributed by atoms with Gasteiger partial charge >= 0.3 is 5.69 Å². The predicted octanol–water partition coefficient (Wildman–Crippen LogP) is 3.25. The van der Waals surface area contributed by atoms with Crippen molar-refractivity contribution in [2.75, 3.05) is 0 Å². The van der Waals surface area contributed by atoms with Crippen molar-refractivity contribution in [3.05, 3.63) is 58.1 Å². The van der Waals surface area contributed by atoms with Gasteiger partial charge in [0.25, 0.3) is 0 Å². The van der Waals surface area contributed by atoms with Gasteiger partial charge in [-0.1, -0.05) is 6.07 Å². The minimum atomic E-state index is -0.824. The Morgan fingerprint density at radius 3 is 2.28 bits per heavy atom. The van der Waals surface area contributed by atoms with Gasteiger partial charge in [0, 0.05) is 6.07 Å². The highest BCUT2D eigenvalue weighted by atomic mass is 19.1. The maximum absolute atomic E-state index is 13.5. The van der Waals surface area contributed by atoms with Crippen LogP contribution in [0.1, 0.15) is 0 Å². The average Bonchev–Trinajstić information content (AvgIpc) is 2.30. The second kappa shape index (κ2) is 4.40. The van der Waals surface area contributed by atoms with Crippen molar-refractivity contribution in [2.24, 2.45) is 0 Å². The quantitative estimate of drug-likeness (QED) is 0.658. The van der Waals surface area contributed by atoms with E-state index in [2.05, 4.69) is 0 Å². The molecular formula is C12H7F2NO3. The maximum Gasteiger partial charge on any atom is 0.311 e. The zero-order valence-corrected chi connectivity index (χ0v) is 8.93. The van der Waals surface area contributed by atoms with E-state index in [4.69, 9.17) is 0 Å². The summed E-state index contributed by atoms with van der Waals surface area (Å²) in [5, 5.41) is 19.9. The lowest BCUT2D eigenvalue weighted by molar-refractivity contribution is -0.385. The highest BCUT2D eigenvalue weighted by molar-refractivity contribution is 5.69. The average molecular weight is 251 g/mol. The summed E-state index contributed by atoms with van der Waals surface area (Å²) < 4.78 is 27.0. The van der Waals surface area contributed by atoms with Crippen molar-refractivity contribution >= 4 is 5.69 Å². The number of halogens is 2. The number of rotatable bonds is 2. The number of nitro groups is 1. The number of nitrogens with zero attached hydrogens (tertiary/aromatic N) is 1. The zero-order valence-electron chi connectivity index (χ0n) is 8.93. The van der Waals surface area contributed by atoms with Gasteiger partial charge in [-0.25, -0.2) is 8.78 Å². The molecule has 2 aromatic rings. The molecule has 2 aromatic carbocycles. The highest BCUT2D eigenvalue weighted by Crippen LogP contribution is 2.33. The third kappa shape index (κ3) is 2.00. The van der Waals surface area contributed by atoms with Crippen molar-refractivity contribution in [3.63, 3.8) is 0 Å². The van der Waals surface area contributed by atoms with Crippen LogP contribution in [-0.2, 0) is 0 Å². The van der Waals surface area contributed by atoms with Crippen LogP contribution in [0.4, 0.5) is 14.5 Å². The lowest BCUT2D eigenvalue weighted by atomic mass is 10.0. The topological polar surface area (TPSA) is 63.4 Å². The summed E-state index contributed by atoms with van der Waals surface area (Å²) in [6.45, 7) is 0. The standard InChI is InChI=1S/C12H7F2NO3/c13-8-2-1-3-9(14)12(8)7-4-5-11(16)10(6-7)15(17)18/h1-6,16H. The Labute approximate surface area is 100 Å². The van der Waals surface area contributed by atoms with E-state index in [1.54, 1.807) is 0 Å². The first-order chi connectivity index (χ1) is 8.50. The molecule has 0 radical (unpaired) electrons. The van der Waals surface area contributed by atoms with Crippen LogP contribution >= 0.6 is 0 Å². The molecule has 1 N–H and O–H groups in total. The number of nitro benzene ring substituents is 1. The monoisotopic (exact) mass is 251 g/mol. The first kappa shape index (κ1) is 12.0. The van der Waals surface area contributed by atoms with E-state index in [0.29, 0.717) is 0 Å². The van der Waals surface area contributed by atoms with Gasteiger partial charge in [-0.15, -0.1) is 0 Å². The second-order valence-electron chi connectivity index (χ2n) is 3.56. The number of hydrogen-bond acceptors (Lipinski definition) is 3. The van der Waals surface area contributed by atoms with Gasteiger partial charge < -0.3 is 5.11 Å². The molecule has 0 aliphatic rings. The lowest BCUT2D eigenvalue weighted by Gasteiger charge is -2.05. The number of aromatic hydroxyl groups is 1. The van der Waals surface area contributed by atoms with Crippen molar-refractivity contribution in [1.29, 1.82) is 0 Å². The Hall–Kier alpha value is -2.50. The van der Waals surface area contributed by atoms with Crippen LogP contribution in [0.2, 0.25) is 0 Å². The molecule has 0 aliphatic carbocycles. The normalized spacial score (nSPS) is 10.3. The molecule has 0 saturated heterocycles. The molecule has 6 heteroatoms. The van der Waals surface area contributed by atoms with Crippen molar-refractivity contribution in [2.45, 2.75) is 0 Å². The second-order valence-corrected chi connectivity index (χ2v) is 3.56. The SMILES string of the molecule is O=[N+]([O-])c1cc(-c2c(F)cccc2F)ccc1O. The van der Waals surface area contributed by atoms with Gasteiger partial charge in [-0.2, -0.15) is 0 Å². The first-order valence-electron chi connectivity index (χ1n) is 4.92. The summed E-state index contributed by atoms with van der Waals surface area (Å²) in [5.41, 5.74) is -0.967. The Morgan fingerprint density at radius 2 is 1.72 bits per heavy atom. The molecule has 0 aliphatic heterocycles. The number of hydrogen-bond donors (Lipinski definition) is 1. The third-order valence-electron chi connectivity index (χ3n) is 2.42. The predicted molar refractivity (Wildman–Crippen MR) is 60.1 cm³/mol. The van der Waals surface area contributed by atoms with Gasteiger partial charge in [0.15, 0.2) is 5.75 Å². The van der Waals surface area contributed by atoms with Gasteiger partial charge in [-0.3, -0.25) is 10.1 Å². The molecule has 18 heavy (non-hydrogen) atoms. The van der Waals surface area contributed by atoms with Crippen molar-refractivity contribution < 1.29 is 18.8 Å². The van der Waals surface area contributed by atoms with E-state index in [1.807, 2.05) is 0 Å². The Morgan fingerprint density at radius 1 is 1.11 bits per heavy atom. The van der Waals surface area contributed by atoms with Crippen LogP contribution in [0.5, 0.6) is 5.75 Å².